The van der Waals surface area contributed by atoms with E-state index in [1.807, 2.05) is 6.92 Å². The van der Waals surface area contributed by atoms with Crippen LogP contribution in [0.3, 0.4) is 0 Å². The molecule has 1 fully saturated rings. The smallest absolute Gasteiger partial charge is 0.251 e. The second-order valence-electron chi connectivity index (χ2n) is 4.06. The zero-order chi connectivity index (χ0) is 11.4. The summed E-state index contributed by atoms with van der Waals surface area (Å²) in [5.41, 5.74) is 0.825. The van der Waals surface area contributed by atoms with Crippen molar-refractivity contribution in [1.29, 1.82) is 0 Å². The lowest BCUT2D eigenvalue weighted by atomic mass is 10.3. The van der Waals surface area contributed by atoms with Crippen molar-refractivity contribution in [2.45, 2.75) is 19.9 Å². The molecule has 88 valence electrons. The third-order valence-electron chi connectivity index (χ3n) is 2.79. The SMILES string of the molecule is CCc1cc(=O)[nH]c(CN2CCNCC2)n1. The molecule has 5 nitrogen and oxygen atoms in total. The fourth-order valence-corrected chi connectivity index (χ4v) is 1.90. The van der Waals surface area contributed by atoms with Crippen molar-refractivity contribution in [3.63, 3.8) is 0 Å². The molecule has 0 spiro atoms. The Labute approximate surface area is 94.9 Å². The molecule has 2 N–H and O–H groups in total. The van der Waals surface area contributed by atoms with E-state index in [-0.39, 0.29) is 5.56 Å². The molecule has 16 heavy (non-hydrogen) atoms. The van der Waals surface area contributed by atoms with Gasteiger partial charge in [-0.1, -0.05) is 6.92 Å². The Kier molecular flexibility index (Phi) is 3.69. The van der Waals surface area contributed by atoms with Gasteiger partial charge in [0.05, 0.1) is 6.54 Å². The van der Waals surface area contributed by atoms with E-state index < -0.39 is 0 Å². The van der Waals surface area contributed by atoms with Crippen LogP contribution < -0.4 is 10.9 Å². The number of aryl methyl sites for hydroxylation is 1. The number of hydrogen-bond donors (Lipinski definition) is 2. The van der Waals surface area contributed by atoms with Crippen molar-refractivity contribution in [2.24, 2.45) is 0 Å². The average molecular weight is 222 g/mol. The molecule has 5 heteroatoms. The van der Waals surface area contributed by atoms with Gasteiger partial charge in [0.25, 0.3) is 5.56 Å². The maximum atomic E-state index is 11.4. The number of nitrogens with zero attached hydrogens (tertiary/aromatic N) is 2. The van der Waals surface area contributed by atoms with Crippen LogP contribution in [0, 0.1) is 0 Å². The molecule has 0 bridgehead atoms. The quantitative estimate of drug-likeness (QED) is 0.739. The fourth-order valence-electron chi connectivity index (χ4n) is 1.90. The van der Waals surface area contributed by atoms with E-state index in [4.69, 9.17) is 0 Å². The summed E-state index contributed by atoms with van der Waals surface area (Å²) in [5, 5.41) is 3.30. The number of hydrogen-bond acceptors (Lipinski definition) is 4. The minimum atomic E-state index is -0.0445. The molecular formula is C11H18N4O. The first-order valence-electron chi connectivity index (χ1n) is 5.80. The monoisotopic (exact) mass is 222 g/mol. The second kappa shape index (κ2) is 5.23. The van der Waals surface area contributed by atoms with Crippen LogP contribution >= 0.6 is 0 Å². The summed E-state index contributed by atoms with van der Waals surface area (Å²) in [6, 6.07) is 1.57. The highest BCUT2D eigenvalue weighted by Gasteiger charge is 2.11. The summed E-state index contributed by atoms with van der Waals surface area (Å²) in [4.78, 5) is 20.9. The Bertz CT molecular complexity index is 395. The molecule has 2 rings (SSSR count). The van der Waals surface area contributed by atoms with Crippen molar-refractivity contribution in [2.75, 3.05) is 26.2 Å². The molecule has 1 saturated heterocycles. The minimum Gasteiger partial charge on any atom is -0.314 e. The molecule has 0 saturated carbocycles. The highest BCUT2D eigenvalue weighted by molar-refractivity contribution is 5.02. The van der Waals surface area contributed by atoms with E-state index in [1.54, 1.807) is 6.07 Å². The van der Waals surface area contributed by atoms with Crippen LogP contribution in [0.1, 0.15) is 18.4 Å². The Morgan fingerprint density at radius 2 is 2.19 bits per heavy atom. The average Bonchev–Trinajstić information content (AvgIpc) is 2.29. The largest absolute Gasteiger partial charge is 0.314 e. The highest BCUT2D eigenvalue weighted by atomic mass is 16.1. The highest BCUT2D eigenvalue weighted by Crippen LogP contribution is 2.00. The zero-order valence-electron chi connectivity index (χ0n) is 9.62. The Morgan fingerprint density at radius 3 is 2.88 bits per heavy atom. The first-order valence-corrected chi connectivity index (χ1v) is 5.80. The lowest BCUT2D eigenvalue weighted by Crippen LogP contribution is -2.43. The van der Waals surface area contributed by atoms with Gasteiger partial charge in [0, 0.05) is 37.9 Å². The summed E-state index contributed by atoms with van der Waals surface area (Å²) in [6.07, 6.45) is 0.804. The van der Waals surface area contributed by atoms with Gasteiger partial charge in [0.1, 0.15) is 5.82 Å². The predicted molar refractivity (Wildman–Crippen MR) is 62.4 cm³/mol. The topological polar surface area (TPSA) is 61.0 Å². The van der Waals surface area contributed by atoms with Gasteiger partial charge in [-0.05, 0) is 6.42 Å². The van der Waals surface area contributed by atoms with Gasteiger partial charge < -0.3 is 10.3 Å². The van der Waals surface area contributed by atoms with Crippen molar-refractivity contribution < 1.29 is 0 Å². The summed E-state index contributed by atoms with van der Waals surface area (Å²) in [7, 11) is 0. The number of aromatic amines is 1. The van der Waals surface area contributed by atoms with E-state index >= 15 is 0 Å². The third-order valence-corrected chi connectivity index (χ3v) is 2.79. The van der Waals surface area contributed by atoms with Crippen molar-refractivity contribution in [3.05, 3.63) is 27.9 Å². The van der Waals surface area contributed by atoms with Gasteiger partial charge in [-0.3, -0.25) is 9.69 Å². The summed E-state index contributed by atoms with van der Waals surface area (Å²) < 4.78 is 0. The van der Waals surface area contributed by atoms with Gasteiger partial charge in [-0.25, -0.2) is 4.98 Å². The minimum absolute atomic E-state index is 0.0445. The lowest BCUT2D eigenvalue weighted by molar-refractivity contribution is 0.227. The summed E-state index contributed by atoms with van der Waals surface area (Å²) >= 11 is 0. The lowest BCUT2D eigenvalue weighted by Gasteiger charge is -2.26. The molecule has 1 aromatic heterocycles. The maximum absolute atomic E-state index is 11.4. The first-order chi connectivity index (χ1) is 7.78. The Balaban J connectivity index is 2.07. The molecule has 0 radical (unpaired) electrons. The normalized spacial score (nSPS) is 17.6. The number of rotatable bonds is 3. The van der Waals surface area contributed by atoms with Crippen LogP contribution in [-0.4, -0.2) is 41.0 Å². The number of H-pyrrole nitrogens is 1. The third kappa shape index (κ3) is 2.90. The first kappa shape index (κ1) is 11.3. The van der Waals surface area contributed by atoms with Gasteiger partial charge >= 0.3 is 0 Å². The molecule has 0 atom stereocenters. The van der Waals surface area contributed by atoms with Crippen LogP contribution in [-0.2, 0) is 13.0 Å². The van der Waals surface area contributed by atoms with E-state index in [2.05, 4.69) is 20.2 Å². The van der Waals surface area contributed by atoms with Crippen molar-refractivity contribution >= 4 is 0 Å². The molecule has 0 unspecified atom stereocenters. The summed E-state index contributed by atoms with van der Waals surface area (Å²) in [6.45, 7) is 6.80. The molecule has 0 aromatic carbocycles. The standard InChI is InChI=1S/C11H18N4O/c1-2-9-7-11(16)14-10(13-9)8-15-5-3-12-4-6-15/h7,12H,2-6,8H2,1H3,(H,13,14,16). The molecule has 2 heterocycles. The zero-order valence-corrected chi connectivity index (χ0v) is 9.62. The Morgan fingerprint density at radius 1 is 1.44 bits per heavy atom. The summed E-state index contributed by atoms with van der Waals surface area (Å²) in [5.74, 6) is 0.784. The van der Waals surface area contributed by atoms with Crippen LogP contribution in [0.15, 0.2) is 10.9 Å². The van der Waals surface area contributed by atoms with E-state index in [9.17, 15) is 4.79 Å². The molecule has 1 aliphatic heterocycles. The second-order valence-corrected chi connectivity index (χ2v) is 4.06. The fraction of sp³-hybridized carbons (Fsp3) is 0.636. The van der Waals surface area contributed by atoms with Gasteiger partial charge in [-0.2, -0.15) is 0 Å². The van der Waals surface area contributed by atoms with Crippen LogP contribution in [0.4, 0.5) is 0 Å². The van der Waals surface area contributed by atoms with Gasteiger partial charge in [0.2, 0.25) is 0 Å². The van der Waals surface area contributed by atoms with Crippen LogP contribution in [0.25, 0.3) is 0 Å². The molecule has 1 aromatic rings. The van der Waals surface area contributed by atoms with Crippen molar-refractivity contribution in [3.8, 4) is 0 Å². The van der Waals surface area contributed by atoms with Crippen LogP contribution in [0.5, 0.6) is 0 Å². The van der Waals surface area contributed by atoms with Gasteiger partial charge in [-0.15, -0.1) is 0 Å². The Hall–Kier alpha value is -1.20. The van der Waals surface area contributed by atoms with Crippen LogP contribution in [0.2, 0.25) is 0 Å². The van der Waals surface area contributed by atoms with Crippen molar-refractivity contribution in [1.82, 2.24) is 20.2 Å². The maximum Gasteiger partial charge on any atom is 0.251 e. The van der Waals surface area contributed by atoms with Gasteiger partial charge in [0.15, 0.2) is 0 Å². The number of aromatic nitrogens is 2. The van der Waals surface area contributed by atoms with E-state index in [0.29, 0.717) is 0 Å². The van der Waals surface area contributed by atoms with E-state index in [0.717, 1.165) is 50.7 Å². The molecule has 0 amide bonds. The molecule has 1 aliphatic rings. The molecular weight excluding hydrogens is 204 g/mol. The predicted octanol–water partition coefficient (Wildman–Crippen LogP) is -0.262. The number of nitrogens with one attached hydrogen (secondary N) is 2. The molecule has 0 aliphatic carbocycles. The number of piperazine rings is 1. The van der Waals surface area contributed by atoms with E-state index in [1.165, 1.54) is 0 Å².